The van der Waals surface area contributed by atoms with Gasteiger partial charge in [-0.2, -0.15) is 5.10 Å². The summed E-state index contributed by atoms with van der Waals surface area (Å²) in [5, 5.41) is 4.47. The molecule has 4 nitrogen and oxygen atoms in total. The second kappa shape index (κ2) is 7.04. The highest BCUT2D eigenvalue weighted by molar-refractivity contribution is 9.10. The normalized spacial score (nSPS) is 11.2. The van der Waals surface area contributed by atoms with Crippen molar-refractivity contribution in [2.75, 3.05) is 6.61 Å². The molecule has 0 aromatic carbocycles. The number of ketones is 1. The molecule has 0 saturated carbocycles. The van der Waals surface area contributed by atoms with E-state index in [1.807, 2.05) is 25.5 Å². The van der Waals surface area contributed by atoms with E-state index in [1.165, 1.54) is 0 Å². The first kappa shape index (κ1) is 15.4. The Kier molecular flexibility index (Phi) is 6.02. The third kappa shape index (κ3) is 3.92. The molecule has 1 aromatic rings. The van der Waals surface area contributed by atoms with Crippen LogP contribution in [0.15, 0.2) is 4.47 Å². The van der Waals surface area contributed by atoms with Gasteiger partial charge in [0, 0.05) is 6.54 Å². The van der Waals surface area contributed by atoms with Gasteiger partial charge in [-0.05, 0) is 43.1 Å². The lowest BCUT2D eigenvalue weighted by atomic mass is 10.2. The Bertz CT molecular complexity index is 413. The molecule has 0 aliphatic carbocycles. The smallest absolute Gasteiger partial charge is 0.164 e. The molecule has 1 rings (SSSR count). The summed E-state index contributed by atoms with van der Waals surface area (Å²) in [7, 11) is 0. The van der Waals surface area contributed by atoms with Gasteiger partial charge in [0.25, 0.3) is 0 Å². The van der Waals surface area contributed by atoms with E-state index in [-0.39, 0.29) is 18.5 Å². The Hall–Kier alpha value is -0.680. The minimum Gasteiger partial charge on any atom is -0.371 e. The number of rotatable bonds is 7. The summed E-state index contributed by atoms with van der Waals surface area (Å²) in [4.78, 5) is 11.8. The lowest BCUT2D eigenvalue weighted by Crippen LogP contribution is -2.17. The van der Waals surface area contributed by atoms with Gasteiger partial charge in [-0.1, -0.05) is 6.92 Å². The SMILES string of the molecule is CCc1nn(CC)c(CC(=O)COC(C)C)c1Br. The number of carbonyl (C=O) groups excluding carboxylic acids is 1. The minimum absolute atomic E-state index is 0.0830. The number of aromatic nitrogens is 2. The van der Waals surface area contributed by atoms with Gasteiger partial charge in [0.15, 0.2) is 5.78 Å². The highest BCUT2D eigenvalue weighted by atomic mass is 79.9. The van der Waals surface area contributed by atoms with Crippen LogP contribution >= 0.6 is 15.9 Å². The summed E-state index contributed by atoms with van der Waals surface area (Å²) in [5.74, 6) is 0.0849. The second-order valence-corrected chi connectivity index (χ2v) is 5.24. The highest BCUT2D eigenvalue weighted by Gasteiger charge is 2.17. The van der Waals surface area contributed by atoms with Gasteiger partial charge in [-0.25, -0.2) is 0 Å². The molecule has 0 unspecified atom stereocenters. The Morgan fingerprint density at radius 1 is 1.44 bits per heavy atom. The number of nitrogens with zero attached hydrogens (tertiary/aromatic N) is 2. The van der Waals surface area contributed by atoms with Gasteiger partial charge in [0.05, 0.1) is 28.4 Å². The topological polar surface area (TPSA) is 44.1 Å². The molecule has 0 N–H and O–H groups in total. The third-order valence-electron chi connectivity index (χ3n) is 2.64. The fourth-order valence-corrected chi connectivity index (χ4v) is 2.39. The zero-order chi connectivity index (χ0) is 13.7. The van der Waals surface area contributed by atoms with Crippen LogP contribution in [-0.4, -0.2) is 28.3 Å². The summed E-state index contributed by atoms with van der Waals surface area (Å²) < 4.78 is 8.18. The van der Waals surface area contributed by atoms with E-state index in [0.717, 1.165) is 28.8 Å². The molecule has 0 saturated heterocycles. The molecule has 0 spiro atoms. The molecule has 0 fully saturated rings. The van der Waals surface area contributed by atoms with Gasteiger partial charge < -0.3 is 4.74 Å². The molecule has 0 radical (unpaired) electrons. The van der Waals surface area contributed by atoms with Crippen molar-refractivity contribution in [3.05, 3.63) is 15.9 Å². The maximum absolute atomic E-state index is 11.8. The number of halogens is 1. The maximum atomic E-state index is 11.8. The van der Waals surface area contributed by atoms with E-state index >= 15 is 0 Å². The average Bonchev–Trinajstić information content (AvgIpc) is 2.63. The second-order valence-electron chi connectivity index (χ2n) is 4.45. The van der Waals surface area contributed by atoms with E-state index in [9.17, 15) is 4.79 Å². The number of Topliss-reactive ketones (excluding diaryl/α,β-unsaturated/α-hetero) is 1. The van der Waals surface area contributed by atoms with Crippen molar-refractivity contribution >= 4 is 21.7 Å². The zero-order valence-corrected chi connectivity index (χ0v) is 13.1. The molecule has 18 heavy (non-hydrogen) atoms. The minimum atomic E-state index is 0.0830. The Morgan fingerprint density at radius 2 is 2.11 bits per heavy atom. The van der Waals surface area contributed by atoms with Gasteiger partial charge in [-0.3, -0.25) is 9.48 Å². The van der Waals surface area contributed by atoms with Crippen LogP contribution in [0.4, 0.5) is 0 Å². The quantitative estimate of drug-likeness (QED) is 0.777. The predicted molar refractivity (Wildman–Crippen MR) is 74.8 cm³/mol. The molecule has 0 aliphatic rings. The van der Waals surface area contributed by atoms with Crippen LogP contribution in [0.2, 0.25) is 0 Å². The van der Waals surface area contributed by atoms with E-state index in [4.69, 9.17) is 4.74 Å². The number of carbonyl (C=O) groups is 1. The molecular formula is C13H21BrN2O2. The molecule has 5 heteroatoms. The van der Waals surface area contributed by atoms with Crippen LogP contribution in [0, 0.1) is 0 Å². The number of ether oxygens (including phenoxy) is 1. The van der Waals surface area contributed by atoms with E-state index in [0.29, 0.717) is 6.42 Å². The fourth-order valence-electron chi connectivity index (χ4n) is 1.68. The molecule has 0 bridgehead atoms. The first-order valence-corrected chi connectivity index (χ1v) is 7.16. The third-order valence-corrected chi connectivity index (χ3v) is 3.55. The van der Waals surface area contributed by atoms with Gasteiger partial charge in [0.2, 0.25) is 0 Å². The number of aryl methyl sites for hydroxylation is 2. The first-order valence-electron chi connectivity index (χ1n) is 6.36. The van der Waals surface area contributed by atoms with Crippen LogP contribution in [0.25, 0.3) is 0 Å². The maximum Gasteiger partial charge on any atom is 0.164 e. The lowest BCUT2D eigenvalue weighted by molar-refractivity contribution is -0.124. The molecular weight excluding hydrogens is 296 g/mol. The van der Waals surface area contributed by atoms with E-state index in [1.54, 1.807) is 0 Å². The average molecular weight is 317 g/mol. The molecule has 1 heterocycles. The van der Waals surface area contributed by atoms with E-state index in [2.05, 4.69) is 28.0 Å². The molecule has 0 amide bonds. The largest absolute Gasteiger partial charge is 0.371 e. The van der Waals surface area contributed by atoms with Crippen molar-refractivity contribution in [3.63, 3.8) is 0 Å². The van der Waals surface area contributed by atoms with Crippen molar-refractivity contribution in [1.29, 1.82) is 0 Å². The van der Waals surface area contributed by atoms with Crippen molar-refractivity contribution < 1.29 is 9.53 Å². The molecule has 1 aromatic heterocycles. The summed E-state index contributed by atoms with van der Waals surface area (Å²) >= 11 is 3.54. The number of hydrogen-bond acceptors (Lipinski definition) is 3. The Labute approximate surface area is 117 Å². The molecule has 0 atom stereocenters. The fraction of sp³-hybridized carbons (Fsp3) is 0.692. The van der Waals surface area contributed by atoms with Crippen LogP contribution in [0.3, 0.4) is 0 Å². The molecule has 0 aliphatic heterocycles. The predicted octanol–water partition coefficient (Wildman–Crippen LogP) is 2.76. The van der Waals surface area contributed by atoms with Crippen molar-refractivity contribution in [1.82, 2.24) is 9.78 Å². The summed E-state index contributed by atoms with van der Waals surface area (Å²) in [6, 6.07) is 0. The van der Waals surface area contributed by atoms with Crippen LogP contribution in [-0.2, 0) is 28.9 Å². The molecule has 102 valence electrons. The van der Waals surface area contributed by atoms with Gasteiger partial charge in [0.1, 0.15) is 6.61 Å². The van der Waals surface area contributed by atoms with Crippen LogP contribution in [0.1, 0.15) is 39.1 Å². The Balaban J connectivity index is 2.77. The summed E-state index contributed by atoms with van der Waals surface area (Å²) in [5.41, 5.74) is 1.95. The van der Waals surface area contributed by atoms with E-state index < -0.39 is 0 Å². The van der Waals surface area contributed by atoms with Crippen LogP contribution in [0.5, 0.6) is 0 Å². The summed E-state index contributed by atoms with van der Waals surface area (Å²) in [6.07, 6.45) is 1.31. The summed E-state index contributed by atoms with van der Waals surface area (Å²) in [6.45, 7) is 8.87. The van der Waals surface area contributed by atoms with Crippen LogP contribution < -0.4 is 0 Å². The Morgan fingerprint density at radius 3 is 2.61 bits per heavy atom. The number of hydrogen-bond donors (Lipinski definition) is 0. The first-order chi connectivity index (χ1) is 8.49. The highest BCUT2D eigenvalue weighted by Crippen LogP contribution is 2.23. The zero-order valence-electron chi connectivity index (χ0n) is 11.5. The lowest BCUT2D eigenvalue weighted by Gasteiger charge is -2.08. The monoisotopic (exact) mass is 316 g/mol. The van der Waals surface area contributed by atoms with Gasteiger partial charge >= 0.3 is 0 Å². The standard InChI is InChI=1S/C13H21BrN2O2/c1-5-11-13(14)12(16(6-2)15-11)7-10(17)8-18-9(3)4/h9H,5-8H2,1-4H3. The van der Waals surface area contributed by atoms with Crippen molar-refractivity contribution in [3.8, 4) is 0 Å². The van der Waals surface area contributed by atoms with Crippen molar-refractivity contribution in [2.45, 2.75) is 53.2 Å². The van der Waals surface area contributed by atoms with Crippen molar-refractivity contribution in [2.24, 2.45) is 0 Å². The van der Waals surface area contributed by atoms with Gasteiger partial charge in [-0.15, -0.1) is 0 Å².